The molecule has 6 nitrogen and oxygen atoms in total. The third-order valence-electron chi connectivity index (χ3n) is 3.99. The highest BCUT2D eigenvalue weighted by molar-refractivity contribution is 9.10. The van der Waals surface area contributed by atoms with Crippen LogP contribution in [-0.2, 0) is 9.59 Å². The summed E-state index contributed by atoms with van der Waals surface area (Å²) in [5.74, 6) is -1.33. The Morgan fingerprint density at radius 1 is 1.29 bits per heavy atom. The molecule has 10 heteroatoms. The van der Waals surface area contributed by atoms with E-state index in [4.69, 9.17) is 16.3 Å². The van der Waals surface area contributed by atoms with Gasteiger partial charge in [-0.05, 0) is 54.2 Å². The zero-order valence-electron chi connectivity index (χ0n) is 15.9. The first-order chi connectivity index (χ1) is 14.8. The van der Waals surface area contributed by atoms with E-state index in [0.717, 1.165) is 27.2 Å². The predicted molar refractivity (Wildman–Crippen MR) is 123 cm³/mol. The van der Waals surface area contributed by atoms with Gasteiger partial charge in [0.15, 0.2) is 0 Å². The Morgan fingerprint density at radius 3 is 2.77 bits per heavy atom. The highest BCUT2D eigenvalue weighted by atomic mass is 79.9. The minimum absolute atomic E-state index is 0.157. The largest absolute Gasteiger partial charge is 0.489 e. The Hall–Kier alpha value is -2.62. The smallest absolute Gasteiger partial charge is 0.294 e. The number of nitrogens with one attached hydrogen (secondary N) is 1. The summed E-state index contributed by atoms with van der Waals surface area (Å²) in [6, 6.07) is 8.92. The van der Waals surface area contributed by atoms with Crippen molar-refractivity contribution in [1.82, 2.24) is 4.90 Å². The molecule has 2 aromatic carbocycles. The van der Waals surface area contributed by atoms with Crippen LogP contribution < -0.4 is 10.1 Å². The highest BCUT2D eigenvalue weighted by Gasteiger charge is 2.36. The van der Waals surface area contributed by atoms with Crippen LogP contribution in [0, 0.1) is 5.82 Å². The molecule has 3 rings (SSSR count). The van der Waals surface area contributed by atoms with Crippen molar-refractivity contribution in [2.45, 2.75) is 0 Å². The van der Waals surface area contributed by atoms with Crippen LogP contribution in [0.5, 0.6) is 5.75 Å². The second-order valence-corrected chi connectivity index (χ2v) is 8.54. The van der Waals surface area contributed by atoms with Crippen LogP contribution in [0.3, 0.4) is 0 Å². The maximum absolute atomic E-state index is 13.2. The van der Waals surface area contributed by atoms with E-state index in [-0.39, 0.29) is 22.2 Å². The maximum Gasteiger partial charge on any atom is 0.294 e. The molecule has 3 amide bonds. The average Bonchev–Trinajstić information content (AvgIpc) is 2.97. The van der Waals surface area contributed by atoms with Crippen molar-refractivity contribution >= 4 is 68.1 Å². The number of halogens is 3. The van der Waals surface area contributed by atoms with Crippen LogP contribution in [0.4, 0.5) is 14.9 Å². The van der Waals surface area contributed by atoms with Crippen molar-refractivity contribution in [2.75, 3.05) is 18.5 Å². The van der Waals surface area contributed by atoms with Gasteiger partial charge in [-0.1, -0.05) is 40.2 Å². The van der Waals surface area contributed by atoms with Crippen molar-refractivity contribution in [2.24, 2.45) is 0 Å². The summed E-state index contributed by atoms with van der Waals surface area (Å²) in [5, 5.41) is 1.75. The predicted octanol–water partition coefficient (Wildman–Crippen LogP) is 5.48. The Labute approximate surface area is 195 Å². The summed E-state index contributed by atoms with van der Waals surface area (Å²) in [4.78, 5) is 38.3. The maximum atomic E-state index is 13.2. The Balaban J connectivity index is 1.75. The lowest BCUT2D eigenvalue weighted by Gasteiger charge is -2.13. The third kappa shape index (κ3) is 5.75. The zero-order valence-corrected chi connectivity index (χ0v) is 19.0. The molecule has 0 unspecified atom stereocenters. The van der Waals surface area contributed by atoms with Gasteiger partial charge in [-0.2, -0.15) is 0 Å². The van der Waals surface area contributed by atoms with Gasteiger partial charge >= 0.3 is 0 Å². The fourth-order valence-electron chi connectivity index (χ4n) is 2.61. The molecule has 0 bridgehead atoms. The van der Waals surface area contributed by atoms with Gasteiger partial charge in [0, 0.05) is 15.7 Å². The Morgan fingerprint density at radius 2 is 2.06 bits per heavy atom. The second-order valence-electron chi connectivity index (χ2n) is 6.23. The average molecular weight is 526 g/mol. The number of carbonyl (C=O) groups is 3. The van der Waals surface area contributed by atoms with Gasteiger partial charge in [0.25, 0.3) is 11.1 Å². The molecule has 0 spiro atoms. The van der Waals surface area contributed by atoms with Crippen LogP contribution in [0.1, 0.15) is 5.56 Å². The van der Waals surface area contributed by atoms with Gasteiger partial charge in [0.2, 0.25) is 5.91 Å². The number of rotatable bonds is 7. The molecule has 0 radical (unpaired) electrons. The summed E-state index contributed by atoms with van der Waals surface area (Å²) < 4.78 is 19.6. The molecule has 0 aliphatic carbocycles. The number of hydrogen-bond acceptors (Lipinski definition) is 5. The quantitative estimate of drug-likeness (QED) is 0.383. The molecule has 0 aromatic heterocycles. The SMILES string of the molecule is C=CCOc1ccc(Br)cc1/C=C1/SC(=O)N(CC(=O)Nc2ccc(F)c(Cl)c2)C1=O. The molecule has 1 fully saturated rings. The molecule has 1 heterocycles. The molecule has 1 N–H and O–H groups in total. The number of anilines is 1. The van der Waals surface area contributed by atoms with E-state index in [2.05, 4.69) is 27.8 Å². The minimum Gasteiger partial charge on any atom is -0.489 e. The molecule has 31 heavy (non-hydrogen) atoms. The molecule has 1 aliphatic rings. The van der Waals surface area contributed by atoms with Crippen LogP contribution in [0.15, 0.2) is 58.4 Å². The zero-order chi connectivity index (χ0) is 22.5. The number of carbonyl (C=O) groups excluding carboxylic acids is 3. The number of nitrogens with zero attached hydrogens (tertiary/aromatic N) is 1. The van der Waals surface area contributed by atoms with Gasteiger partial charge in [-0.25, -0.2) is 4.39 Å². The molecular formula is C21H15BrClFN2O4S. The van der Waals surface area contributed by atoms with E-state index < -0.39 is 29.4 Å². The molecule has 1 aliphatic heterocycles. The van der Waals surface area contributed by atoms with Gasteiger partial charge < -0.3 is 10.1 Å². The number of thioether (sulfide) groups is 1. The van der Waals surface area contributed by atoms with Crippen LogP contribution in [0.25, 0.3) is 6.08 Å². The monoisotopic (exact) mass is 524 g/mol. The van der Waals surface area contributed by atoms with E-state index in [1.54, 1.807) is 24.3 Å². The summed E-state index contributed by atoms with van der Waals surface area (Å²) in [6.07, 6.45) is 3.12. The van der Waals surface area contributed by atoms with Gasteiger partial charge in [0.1, 0.15) is 24.7 Å². The molecule has 2 aromatic rings. The topological polar surface area (TPSA) is 75.7 Å². The van der Waals surface area contributed by atoms with E-state index in [0.29, 0.717) is 11.3 Å². The summed E-state index contributed by atoms with van der Waals surface area (Å²) in [7, 11) is 0. The lowest BCUT2D eigenvalue weighted by molar-refractivity contribution is -0.127. The van der Waals surface area contributed by atoms with Crippen LogP contribution in [-0.4, -0.2) is 35.1 Å². The molecule has 0 atom stereocenters. The lowest BCUT2D eigenvalue weighted by atomic mass is 10.2. The fourth-order valence-corrected chi connectivity index (χ4v) is 4.00. The molecule has 1 saturated heterocycles. The van der Waals surface area contributed by atoms with Crippen LogP contribution in [0.2, 0.25) is 5.02 Å². The molecule has 160 valence electrons. The van der Waals surface area contributed by atoms with Gasteiger partial charge in [-0.3, -0.25) is 19.3 Å². The fraction of sp³-hybridized carbons (Fsp3) is 0.0952. The summed E-state index contributed by atoms with van der Waals surface area (Å²) >= 11 is 9.78. The van der Waals surface area contributed by atoms with Crippen molar-refractivity contribution < 1.29 is 23.5 Å². The number of benzene rings is 2. The first-order valence-electron chi connectivity index (χ1n) is 8.82. The van der Waals surface area contributed by atoms with Crippen LogP contribution >= 0.6 is 39.3 Å². The van der Waals surface area contributed by atoms with E-state index in [9.17, 15) is 18.8 Å². The summed E-state index contributed by atoms with van der Waals surface area (Å²) in [6.45, 7) is 3.39. The number of amides is 3. The van der Waals surface area contributed by atoms with Crippen molar-refractivity contribution in [1.29, 1.82) is 0 Å². The van der Waals surface area contributed by atoms with E-state index in [1.807, 2.05) is 0 Å². The standard InChI is InChI=1S/C21H15BrClFN2O4S/c1-2-7-30-17-6-3-13(22)8-12(17)9-18-20(28)26(21(29)31-18)11-19(27)25-14-4-5-16(24)15(23)10-14/h2-6,8-10H,1,7,11H2,(H,25,27)/b18-9+. The van der Waals surface area contributed by atoms with E-state index >= 15 is 0 Å². The number of ether oxygens (including phenoxy) is 1. The summed E-state index contributed by atoms with van der Waals surface area (Å²) in [5.41, 5.74) is 0.837. The Kier molecular flexibility index (Phi) is 7.53. The van der Waals surface area contributed by atoms with E-state index in [1.165, 1.54) is 18.2 Å². The minimum atomic E-state index is -0.625. The normalized spacial score (nSPS) is 14.8. The van der Waals surface area contributed by atoms with Gasteiger partial charge in [-0.15, -0.1) is 0 Å². The Bertz CT molecular complexity index is 1110. The highest BCUT2D eigenvalue weighted by Crippen LogP contribution is 2.35. The molecule has 0 saturated carbocycles. The van der Waals surface area contributed by atoms with Crippen molar-refractivity contribution in [3.63, 3.8) is 0 Å². The third-order valence-corrected chi connectivity index (χ3v) is 5.68. The van der Waals surface area contributed by atoms with Gasteiger partial charge in [0.05, 0.1) is 9.93 Å². The van der Waals surface area contributed by atoms with Crippen molar-refractivity contribution in [3.8, 4) is 5.75 Å². The number of imide groups is 1. The first-order valence-corrected chi connectivity index (χ1v) is 10.8. The number of hydrogen-bond donors (Lipinski definition) is 1. The lowest BCUT2D eigenvalue weighted by Crippen LogP contribution is -2.36. The van der Waals surface area contributed by atoms with Crippen molar-refractivity contribution in [3.05, 3.63) is 74.8 Å². The second kappa shape index (κ2) is 10.1. The first kappa shape index (κ1) is 23.1. The molecular weight excluding hydrogens is 511 g/mol.